The molecule has 2 fully saturated rings. The minimum atomic E-state index is 0.285. The van der Waals surface area contributed by atoms with Gasteiger partial charge in [-0.25, -0.2) is 4.99 Å². The Labute approximate surface area is 184 Å². The second-order valence-electron chi connectivity index (χ2n) is 8.13. The fourth-order valence-electron chi connectivity index (χ4n) is 4.16. The van der Waals surface area contributed by atoms with Crippen LogP contribution in [0, 0.1) is 0 Å². The summed E-state index contributed by atoms with van der Waals surface area (Å²) in [6.07, 6.45) is 7.93. The Morgan fingerprint density at radius 3 is 2.77 bits per heavy atom. The molecule has 168 valence electrons. The van der Waals surface area contributed by atoms with Gasteiger partial charge in [0.2, 0.25) is 0 Å². The van der Waals surface area contributed by atoms with E-state index in [1.165, 1.54) is 12.8 Å². The summed E-state index contributed by atoms with van der Waals surface area (Å²) in [7, 11) is 0. The topological polar surface area (TPSA) is 76.8 Å². The van der Waals surface area contributed by atoms with E-state index in [9.17, 15) is 0 Å². The quantitative estimate of drug-likeness (QED) is 0.542. The lowest BCUT2D eigenvalue weighted by Gasteiger charge is -2.35. The first-order valence-corrected chi connectivity index (χ1v) is 11.5. The molecule has 1 aromatic carbocycles. The van der Waals surface area contributed by atoms with Gasteiger partial charge in [-0.15, -0.1) is 10.2 Å². The fraction of sp³-hybridized carbons (Fsp3) is 0.609. The molecule has 0 amide bonds. The number of aromatic nitrogens is 3. The van der Waals surface area contributed by atoms with E-state index in [2.05, 4.69) is 27.3 Å². The number of benzene rings is 1. The van der Waals surface area contributed by atoms with Gasteiger partial charge in [-0.2, -0.15) is 0 Å². The number of aliphatic imine (C=N–C) groups is 1. The summed E-state index contributed by atoms with van der Waals surface area (Å²) in [5.74, 6) is 1.76. The highest BCUT2D eigenvalue weighted by Gasteiger charge is 2.24. The van der Waals surface area contributed by atoms with Crippen LogP contribution in [0.4, 0.5) is 0 Å². The maximum atomic E-state index is 6.16. The molecule has 1 aromatic heterocycles. The van der Waals surface area contributed by atoms with Gasteiger partial charge >= 0.3 is 0 Å². The van der Waals surface area contributed by atoms with E-state index < -0.39 is 0 Å². The summed E-state index contributed by atoms with van der Waals surface area (Å²) >= 11 is 0. The molecule has 2 saturated heterocycles. The summed E-state index contributed by atoms with van der Waals surface area (Å²) in [5.41, 5.74) is 1.04. The van der Waals surface area contributed by atoms with Gasteiger partial charge in [-0.3, -0.25) is 4.57 Å². The fourth-order valence-corrected chi connectivity index (χ4v) is 4.16. The highest BCUT2D eigenvalue weighted by Crippen LogP contribution is 2.18. The Hall–Kier alpha value is -2.45. The molecule has 0 bridgehead atoms. The van der Waals surface area contributed by atoms with Crippen molar-refractivity contribution in [2.75, 3.05) is 32.8 Å². The first-order valence-electron chi connectivity index (χ1n) is 11.5. The number of hydrogen-bond donors (Lipinski definition) is 1. The molecule has 4 rings (SSSR count). The molecule has 2 aliphatic heterocycles. The molecule has 3 heterocycles. The van der Waals surface area contributed by atoms with Crippen LogP contribution in [0.1, 0.15) is 44.9 Å². The van der Waals surface area contributed by atoms with Crippen LogP contribution in [0.3, 0.4) is 0 Å². The van der Waals surface area contributed by atoms with Crippen molar-refractivity contribution >= 4 is 5.96 Å². The number of guanidine groups is 1. The number of nitrogens with zero attached hydrogens (tertiary/aromatic N) is 5. The summed E-state index contributed by atoms with van der Waals surface area (Å²) in [4.78, 5) is 7.18. The van der Waals surface area contributed by atoms with Crippen molar-refractivity contribution in [2.45, 2.75) is 57.8 Å². The lowest BCUT2D eigenvalue weighted by molar-refractivity contribution is -0.0721. The molecule has 0 radical (unpaired) electrons. The minimum absolute atomic E-state index is 0.285. The molecule has 2 aromatic rings. The zero-order valence-electron chi connectivity index (χ0n) is 18.4. The SMILES string of the molecule is CCNC(=NCc1nncn1-c1ccccc1)N1CCC(OCC2CCCCO2)CC1. The molecule has 31 heavy (non-hydrogen) atoms. The van der Waals surface area contributed by atoms with Crippen molar-refractivity contribution in [3.8, 4) is 5.69 Å². The van der Waals surface area contributed by atoms with Crippen LogP contribution in [0.5, 0.6) is 0 Å². The molecule has 0 saturated carbocycles. The highest BCUT2D eigenvalue weighted by molar-refractivity contribution is 5.80. The number of rotatable bonds is 7. The second kappa shape index (κ2) is 11.2. The van der Waals surface area contributed by atoms with Gasteiger partial charge in [-0.1, -0.05) is 18.2 Å². The maximum absolute atomic E-state index is 6.16. The van der Waals surface area contributed by atoms with Crippen LogP contribution in [0.25, 0.3) is 5.69 Å². The van der Waals surface area contributed by atoms with Crippen LogP contribution in [-0.2, 0) is 16.0 Å². The van der Waals surface area contributed by atoms with E-state index in [1.54, 1.807) is 6.33 Å². The van der Waals surface area contributed by atoms with Crippen molar-refractivity contribution in [3.63, 3.8) is 0 Å². The predicted octanol–water partition coefficient (Wildman–Crippen LogP) is 2.78. The predicted molar refractivity (Wildman–Crippen MR) is 120 cm³/mol. The zero-order chi connectivity index (χ0) is 21.3. The highest BCUT2D eigenvalue weighted by atomic mass is 16.5. The Kier molecular flexibility index (Phi) is 7.90. The van der Waals surface area contributed by atoms with Gasteiger partial charge in [0, 0.05) is 31.9 Å². The number of para-hydroxylation sites is 1. The molecular formula is C23H34N6O2. The Bertz CT molecular complexity index is 810. The number of nitrogens with one attached hydrogen (secondary N) is 1. The van der Waals surface area contributed by atoms with Crippen LogP contribution in [0.2, 0.25) is 0 Å². The van der Waals surface area contributed by atoms with Gasteiger partial charge in [-0.05, 0) is 51.2 Å². The third kappa shape index (κ3) is 6.04. The maximum Gasteiger partial charge on any atom is 0.194 e. The Balaban J connectivity index is 1.31. The summed E-state index contributed by atoms with van der Waals surface area (Å²) in [6.45, 7) is 6.90. The van der Waals surface area contributed by atoms with Crippen LogP contribution < -0.4 is 5.32 Å². The van der Waals surface area contributed by atoms with E-state index in [0.717, 1.165) is 69.6 Å². The Morgan fingerprint density at radius 1 is 1.19 bits per heavy atom. The standard InChI is InChI=1S/C23H34N6O2/c1-2-24-23(25-16-22-27-26-18-29(22)19-8-4-3-5-9-19)28-13-11-20(12-14-28)31-17-21-10-6-7-15-30-21/h3-5,8-9,18,20-21H,2,6-7,10-17H2,1H3,(H,24,25). The summed E-state index contributed by atoms with van der Waals surface area (Å²) in [6, 6.07) is 10.1. The molecule has 0 aliphatic carbocycles. The van der Waals surface area contributed by atoms with Crippen molar-refractivity contribution < 1.29 is 9.47 Å². The average molecular weight is 427 g/mol. The normalized spacial score (nSPS) is 20.7. The van der Waals surface area contributed by atoms with Crippen molar-refractivity contribution in [3.05, 3.63) is 42.5 Å². The average Bonchev–Trinajstić information content (AvgIpc) is 3.31. The number of piperidine rings is 1. The van der Waals surface area contributed by atoms with Crippen molar-refractivity contribution in [1.82, 2.24) is 25.0 Å². The molecule has 1 unspecified atom stereocenters. The molecular weight excluding hydrogens is 392 g/mol. The summed E-state index contributed by atoms with van der Waals surface area (Å²) in [5, 5.41) is 11.8. The smallest absolute Gasteiger partial charge is 0.194 e. The van der Waals surface area contributed by atoms with Crippen molar-refractivity contribution in [1.29, 1.82) is 0 Å². The van der Waals surface area contributed by atoms with E-state index in [0.29, 0.717) is 12.6 Å². The third-order valence-corrected chi connectivity index (χ3v) is 5.89. The lowest BCUT2D eigenvalue weighted by Crippen LogP contribution is -2.47. The molecule has 1 N–H and O–H groups in total. The van der Waals surface area contributed by atoms with Crippen LogP contribution in [-0.4, -0.2) is 70.7 Å². The monoisotopic (exact) mass is 426 g/mol. The second-order valence-corrected chi connectivity index (χ2v) is 8.13. The van der Waals surface area contributed by atoms with Gasteiger partial charge in [0.05, 0.1) is 18.8 Å². The minimum Gasteiger partial charge on any atom is -0.376 e. The van der Waals surface area contributed by atoms with Crippen LogP contribution in [0.15, 0.2) is 41.7 Å². The van der Waals surface area contributed by atoms with Gasteiger partial charge < -0.3 is 19.7 Å². The number of likely N-dealkylation sites (tertiary alicyclic amines) is 1. The van der Waals surface area contributed by atoms with E-state index in [4.69, 9.17) is 14.5 Å². The molecule has 1 atom stereocenters. The van der Waals surface area contributed by atoms with Crippen molar-refractivity contribution in [2.24, 2.45) is 4.99 Å². The molecule has 2 aliphatic rings. The summed E-state index contributed by atoms with van der Waals surface area (Å²) < 4.78 is 13.9. The van der Waals surface area contributed by atoms with E-state index in [-0.39, 0.29) is 6.10 Å². The van der Waals surface area contributed by atoms with Gasteiger partial charge in [0.15, 0.2) is 11.8 Å². The van der Waals surface area contributed by atoms with E-state index >= 15 is 0 Å². The Morgan fingerprint density at radius 2 is 2.03 bits per heavy atom. The zero-order valence-corrected chi connectivity index (χ0v) is 18.4. The molecule has 0 spiro atoms. The van der Waals surface area contributed by atoms with Gasteiger partial charge in [0.25, 0.3) is 0 Å². The molecule has 8 heteroatoms. The third-order valence-electron chi connectivity index (χ3n) is 5.89. The van der Waals surface area contributed by atoms with Crippen LogP contribution >= 0.6 is 0 Å². The largest absolute Gasteiger partial charge is 0.376 e. The van der Waals surface area contributed by atoms with E-state index in [1.807, 2.05) is 34.9 Å². The number of hydrogen-bond acceptors (Lipinski definition) is 5. The first-order chi connectivity index (χ1) is 15.3. The lowest BCUT2D eigenvalue weighted by atomic mass is 10.1. The van der Waals surface area contributed by atoms with Gasteiger partial charge in [0.1, 0.15) is 12.9 Å². The number of ether oxygens (including phenoxy) is 2. The first kappa shape index (κ1) is 21.8. The molecule has 8 nitrogen and oxygen atoms in total.